The molecule has 1 aliphatic heterocycles. The van der Waals surface area contributed by atoms with Gasteiger partial charge in [0.05, 0.1) is 12.3 Å². The molecule has 0 unspecified atom stereocenters. The molecule has 0 N–H and O–H groups in total. The van der Waals surface area contributed by atoms with Crippen molar-refractivity contribution in [3.8, 4) is 0 Å². The first-order chi connectivity index (χ1) is 13.2. The minimum absolute atomic E-state index is 0.153. The third-order valence-corrected chi connectivity index (χ3v) is 5.77. The molecule has 1 amide bonds. The van der Waals surface area contributed by atoms with Crippen molar-refractivity contribution in [2.24, 2.45) is 0 Å². The number of amides is 1. The van der Waals surface area contributed by atoms with Gasteiger partial charge in [0.15, 0.2) is 11.2 Å². The second-order valence-electron chi connectivity index (χ2n) is 6.45. The Bertz CT molecular complexity index is 939. The van der Waals surface area contributed by atoms with Crippen molar-refractivity contribution >= 4 is 40.4 Å². The predicted octanol–water partition coefficient (Wildman–Crippen LogP) is 3.03. The van der Waals surface area contributed by atoms with E-state index in [9.17, 15) is 4.79 Å². The number of carbonyl (C=O) groups is 1. The highest BCUT2D eigenvalue weighted by atomic mass is 35.5. The molecule has 0 atom stereocenters. The Hall–Kier alpha value is -2.19. The van der Waals surface area contributed by atoms with E-state index in [1.165, 1.54) is 24.5 Å². The van der Waals surface area contributed by atoms with Crippen molar-refractivity contribution < 1.29 is 4.79 Å². The van der Waals surface area contributed by atoms with Crippen molar-refractivity contribution in [3.05, 3.63) is 41.2 Å². The lowest BCUT2D eigenvalue weighted by Gasteiger charge is -2.26. The molecular formula is C18H19ClN6OS. The Morgan fingerprint density at radius 2 is 1.89 bits per heavy atom. The van der Waals surface area contributed by atoms with Crippen molar-refractivity contribution in [2.75, 3.05) is 18.8 Å². The van der Waals surface area contributed by atoms with Crippen LogP contribution in [-0.2, 0) is 11.3 Å². The molecule has 1 aromatic carbocycles. The van der Waals surface area contributed by atoms with Crippen LogP contribution in [0, 0.1) is 0 Å². The molecule has 7 nitrogen and oxygen atoms in total. The maximum absolute atomic E-state index is 12.4. The smallest absolute Gasteiger partial charge is 0.232 e. The maximum atomic E-state index is 12.4. The Balaban J connectivity index is 1.48. The Morgan fingerprint density at radius 1 is 1.11 bits per heavy atom. The van der Waals surface area contributed by atoms with Crippen LogP contribution >= 0.6 is 23.4 Å². The first-order valence-corrected chi connectivity index (χ1v) is 10.3. The van der Waals surface area contributed by atoms with Crippen LogP contribution in [0.4, 0.5) is 0 Å². The van der Waals surface area contributed by atoms with Crippen molar-refractivity contribution in [1.82, 2.24) is 29.9 Å². The van der Waals surface area contributed by atoms with E-state index >= 15 is 0 Å². The highest BCUT2D eigenvalue weighted by molar-refractivity contribution is 8.00. The zero-order valence-electron chi connectivity index (χ0n) is 14.7. The molecule has 1 fully saturated rings. The van der Waals surface area contributed by atoms with Crippen molar-refractivity contribution in [3.63, 3.8) is 0 Å². The Labute approximate surface area is 166 Å². The van der Waals surface area contributed by atoms with Gasteiger partial charge >= 0.3 is 0 Å². The van der Waals surface area contributed by atoms with E-state index in [0.717, 1.165) is 31.5 Å². The fourth-order valence-corrected chi connectivity index (χ4v) is 4.07. The molecule has 1 saturated heterocycles. The fourth-order valence-electron chi connectivity index (χ4n) is 3.11. The number of rotatable bonds is 5. The van der Waals surface area contributed by atoms with Gasteiger partial charge in [-0.1, -0.05) is 40.7 Å². The summed E-state index contributed by atoms with van der Waals surface area (Å²) < 4.78 is 1.73. The quantitative estimate of drug-likeness (QED) is 0.482. The lowest BCUT2D eigenvalue weighted by atomic mass is 10.1. The number of carbonyl (C=O) groups excluding carboxylic acids is 1. The van der Waals surface area contributed by atoms with Crippen LogP contribution in [0.5, 0.6) is 0 Å². The topological polar surface area (TPSA) is 76.8 Å². The zero-order chi connectivity index (χ0) is 18.6. The van der Waals surface area contributed by atoms with Crippen LogP contribution in [0.25, 0.3) is 11.2 Å². The number of likely N-dealkylation sites (tertiary alicyclic amines) is 1. The van der Waals surface area contributed by atoms with E-state index in [0.29, 0.717) is 33.5 Å². The van der Waals surface area contributed by atoms with Crippen molar-refractivity contribution in [1.29, 1.82) is 0 Å². The summed E-state index contributed by atoms with van der Waals surface area (Å²) in [6, 6.07) is 7.59. The van der Waals surface area contributed by atoms with Crippen LogP contribution in [0.3, 0.4) is 0 Å². The molecule has 0 saturated carbocycles. The third kappa shape index (κ3) is 4.22. The second-order valence-corrected chi connectivity index (χ2v) is 7.86. The molecule has 140 valence electrons. The monoisotopic (exact) mass is 402 g/mol. The van der Waals surface area contributed by atoms with Gasteiger partial charge in [-0.2, -0.15) is 0 Å². The number of piperidine rings is 1. The van der Waals surface area contributed by atoms with Gasteiger partial charge in [0.1, 0.15) is 11.4 Å². The number of fused-ring (bicyclic) bond motifs is 1. The number of thioether (sulfide) groups is 1. The van der Waals surface area contributed by atoms with E-state index in [1.54, 1.807) is 4.68 Å². The summed E-state index contributed by atoms with van der Waals surface area (Å²) in [5, 5.41) is 9.84. The molecule has 0 bridgehead atoms. The molecular weight excluding hydrogens is 384 g/mol. The molecule has 0 aliphatic carbocycles. The van der Waals surface area contributed by atoms with E-state index < -0.39 is 0 Å². The van der Waals surface area contributed by atoms with Crippen LogP contribution in [-0.4, -0.2) is 54.6 Å². The summed E-state index contributed by atoms with van der Waals surface area (Å²) in [6.45, 7) is 2.26. The van der Waals surface area contributed by atoms with Crippen LogP contribution in [0.2, 0.25) is 5.02 Å². The summed E-state index contributed by atoms with van der Waals surface area (Å²) in [5.74, 6) is 0.510. The van der Waals surface area contributed by atoms with Gasteiger partial charge in [-0.05, 0) is 37.0 Å². The SMILES string of the molecule is O=C(CSc1ncnc2c1nnn2Cc1ccc(Cl)cc1)N1CCCCC1. The number of benzene rings is 1. The van der Waals surface area contributed by atoms with Gasteiger partial charge in [-0.25, -0.2) is 14.6 Å². The standard InChI is InChI=1S/C18H19ClN6OS/c19-14-6-4-13(5-7-14)10-25-17-16(22-23-25)18(21-12-20-17)27-11-15(26)24-8-2-1-3-9-24/h4-7,12H,1-3,8-11H2. The van der Waals surface area contributed by atoms with E-state index in [1.807, 2.05) is 29.2 Å². The average molecular weight is 403 g/mol. The minimum atomic E-state index is 0.153. The first-order valence-electron chi connectivity index (χ1n) is 8.90. The van der Waals surface area contributed by atoms with Gasteiger partial charge in [0.25, 0.3) is 0 Å². The molecule has 2 aromatic heterocycles. The zero-order valence-corrected chi connectivity index (χ0v) is 16.3. The normalized spacial score (nSPS) is 14.6. The summed E-state index contributed by atoms with van der Waals surface area (Å²) in [7, 11) is 0. The number of hydrogen-bond donors (Lipinski definition) is 0. The van der Waals surface area contributed by atoms with Gasteiger partial charge < -0.3 is 4.90 Å². The summed E-state index contributed by atoms with van der Waals surface area (Å²) >= 11 is 7.33. The van der Waals surface area contributed by atoms with Crippen molar-refractivity contribution in [2.45, 2.75) is 30.8 Å². The van der Waals surface area contributed by atoms with Gasteiger partial charge in [0.2, 0.25) is 5.91 Å². The van der Waals surface area contributed by atoms with E-state index in [2.05, 4.69) is 20.3 Å². The Kier molecular flexibility index (Phi) is 5.54. The van der Waals surface area contributed by atoms with Gasteiger partial charge in [0, 0.05) is 18.1 Å². The van der Waals surface area contributed by atoms with Crippen LogP contribution in [0.15, 0.2) is 35.6 Å². The highest BCUT2D eigenvalue weighted by Gasteiger charge is 2.18. The third-order valence-electron chi connectivity index (χ3n) is 4.55. The molecule has 27 heavy (non-hydrogen) atoms. The van der Waals surface area contributed by atoms with Crippen LogP contribution in [0.1, 0.15) is 24.8 Å². The largest absolute Gasteiger partial charge is 0.342 e. The highest BCUT2D eigenvalue weighted by Crippen LogP contribution is 2.24. The van der Waals surface area contributed by atoms with Gasteiger partial charge in [-0.3, -0.25) is 4.79 Å². The molecule has 9 heteroatoms. The minimum Gasteiger partial charge on any atom is -0.342 e. The average Bonchev–Trinajstić information content (AvgIpc) is 3.12. The van der Waals surface area contributed by atoms with E-state index in [-0.39, 0.29) is 5.91 Å². The Morgan fingerprint density at radius 3 is 2.67 bits per heavy atom. The van der Waals surface area contributed by atoms with Gasteiger partial charge in [-0.15, -0.1) is 5.10 Å². The van der Waals surface area contributed by atoms with Crippen LogP contribution < -0.4 is 0 Å². The molecule has 0 radical (unpaired) electrons. The fraction of sp³-hybridized carbons (Fsp3) is 0.389. The lowest BCUT2D eigenvalue weighted by Crippen LogP contribution is -2.36. The predicted molar refractivity (Wildman–Crippen MR) is 105 cm³/mol. The number of aromatic nitrogens is 5. The summed E-state index contributed by atoms with van der Waals surface area (Å²) in [5.41, 5.74) is 2.34. The second kappa shape index (κ2) is 8.22. The first kappa shape index (κ1) is 18.2. The molecule has 1 aliphatic rings. The molecule has 0 spiro atoms. The molecule has 4 rings (SSSR count). The maximum Gasteiger partial charge on any atom is 0.232 e. The summed E-state index contributed by atoms with van der Waals surface area (Å²) in [4.78, 5) is 23.0. The number of hydrogen-bond acceptors (Lipinski definition) is 6. The number of nitrogens with zero attached hydrogens (tertiary/aromatic N) is 6. The molecule has 3 aromatic rings. The number of halogens is 1. The molecule has 3 heterocycles. The summed E-state index contributed by atoms with van der Waals surface area (Å²) in [6.07, 6.45) is 4.89. The lowest BCUT2D eigenvalue weighted by molar-refractivity contribution is -0.129. The van der Waals surface area contributed by atoms with E-state index in [4.69, 9.17) is 11.6 Å².